The second kappa shape index (κ2) is 9.42. The maximum Gasteiger partial charge on any atom is 0.327 e. The molecule has 4 nitrogen and oxygen atoms in total. The molecule has 1 aliphatic rings. The molecule has 0 saturated carbocycles. The fourth-order valence-electron chi connectivity index (χ4n) is 3.35. The number of methoxy groups -OCH3 is 1. The molecule has 1 N–H and O–H groups in total. The van der Waals surface area contributed by atoms with Gasteiger partial charge in [0.1, 0.15) is 5.54 Å². The zero-order valence-corrected chi connectivity index (χ0v) is 14.4. The predicted molar refractivity (Wildman–Crippen MR) is 87.4 cm³/mol. The molecule has 0 aromatic heterocycles. The molecular weight excluding hydrogens is 264 g/mol. The monoisotopic (exact) mass is 298 g/mol. The lowest BCUT2D eigenvalue weighted by Gasteiger charge is -2.33. The van der Waals surface area contributed by atoms with Gasteiger partial charge in [-0.2, -0.15) is 0 Å². The van der Waals surface area contributed by atoms with Crippen molar-refractivity contribution in [2.45, 2.75) is 64.8 Å². The van der Waals surface area contributed by atoms with Crippen LogP contribution in [0.25, 0.3) is 0 Å². The van der Waals surface area contributed by atoms with Gasteiger partial charge in [-0.25, -0.2) is 0 Å². The summed E-state index contributed by atoms with van der Waals surface area (Å²) in [6.45, 7) is 10.2. The van der Waals surface area contributed by atoms with Gasteiger partial charge in [0, 0.05) is 6.54 Å². The van der Waals surface area contributed by atoms with Crippen LogP contribution in [0.3, 0.4) is 0 Å². The number of hydrogen-bond acceptors (Lipinski definition) is 4. The van der Waals surface area contributed by atoms with Gasteiger partial charge in [-0.1, -0.05) is 26.7 Å². The van der Waals surface area contributed by atoms with Crippen LogP contribution in [-0.4, -0.2) is 49.7 Å². The van der Waals surface area contributed by atoms with Crippen molar-refractivity contribution < 1.29 is 9.53 Å². The van der Waals surface area contributed by atoms with E-state index in [0.29, 0.717) is 0 Å². The van der Waals surface area contributed by atoms with Crippen LogP contribution >= 0.6 is 0 Å². The lowest BCUT2D eigenvalue weighted by atomic mass is 9.96. The first-order valence-electron chi connectivity index (χ1n) is 8.61. The second-order valence-corrected chi connectivity index (χ2v) is 6.61. The molecule has 1 fully saturated rings. The number of ether oxygens (including phenoxy) is 1. The van der Waals surface area contributed by atoms with Gasteiger partial charge in [0.2, 0.25) is 0 Å². The normalized spacial score (nSPS) is 23.3. The van der Waals surface area contributed by atoms with Crippen molar-refractivity contribution in [1.82, 2.24) is 10.2 Å². The maximum absolute atomic E-state index is 12.2. The Labute approximate surface area is 130 Å². The molecule has 1 aliphatic heterocycles. The molecule has 1 heterocycles. The first-order chi connectivity index (χ1) is 10.1. The van der Waals surface area contributed by atoms with Crippen molar-refractivity contribution in [3.8, 4) is 0 Å². The van der Waals surface area contributed by atoms with Crippen molar-refractivity contribution >= 4 is 5.97 Å². The standard InChI is InChI=1S/C17H34N2O2/c1-5-8-15-9-7-12-19(13-10-15)14-17(3,16(20)21-4)18-11-6-2/h15,18H,5-14H2,1-4H3. The first kappa shape index (κ1) is 18.4. The van der Waals surface area contributed by atoms with Crippen LogP contribution < -0.4 is 5.32 Å². The quantitative estimate of drug-likeness (QED) is 0.700. The molecular formula is C17H34N2O2. The Morgan fingerprint density at radius 1 is 1.29 bits per heavy atom. The molecule has 0 aliphatic carbocycles. The van der Waals surface area contributed by atoms with Crippen molar-refractivity contribution in [2.24, 2.45) is 5.92 Å². The summed E-state index contributed by atoms with van der Waals surface area (Å²) in [5.74, 6) is 0.721. The molecule has 124 valence electrons. The Morgan fingerprint density at radius 3 is 2.67 bits per heavy atom. The van der Waals surface area contributed by atoms with Gasteiger partial charge < -0.3 is 15.0 Å². The van der Waals surface area contributed by atoms with Crippen molar-refractivity contribution in [3.05, 3.63) is 0 Å². The lowest BCUT2D eigenvalue weighted by molar-refractivity contribution is -0.148. The van der Waals surface area contributed by atoms with Crippen LogP contribution in [0.2, 0.25) is 0 Å². The minimum atomic E-state index is -0.588. The highest BCUT2D eigenvalue weighted by molar-refractivity contribution is 5.80. The Balaban J connectivity index is 2.59. The van der Waals surface area contributed by atoms with E-state index in [9.17, 15) is 4.79 Å². The average molecular weight is 298 g/mol. The summed E-state index contributed by atoms with van der Waals surface area (Å²) in [5, 5.41) is 3.38. The van der Waals surface area contributed by atoms with E-state index >= 15 is 0 Å². The van der Waals surface area contributed by atoms with E-state index < -0.39 is 5.54 Å². The Bertz CT molecular complexity index is 309. The first-order valence-corrected chi connectivity index (χ1v) is 8.61. The summed E-state index contributed by atoms with van der Waals surface area (Å²) in [4.78, 5) is 14.6. The van der Waals surface area contributed by atoms with Gasteiger partial charge in [-0.05, 0) is 58.2 Å². The molecule has 1 saturated heterocycles. The Hall–Kier alpha value is -0.610. The summed E-state index contributed by atoms with van der Waals surface area (Å²) >= 11 is 0. The number of esters is 1. The summed E-state index contributed by atoms with van der Waals surface area (Å²) in [7, 11) is 1.48. The van der Waals surface area contributed by atoms with E-state index in [2.05, 4.69) is 24.1 Å². The number of likely N-dealkylation sites (tertiary alicyclic amines) is 1. The SMILES string of the molecule is CCCNC(C)(CN1CCCC(CCC)CC1)C(=O)OC. The fraction of sp³-hybridized carbons (Fsp3) is 0.941. The molecule has 2 unspecified atom stereocenters. The minimum Gasteiger partial charge on any atom is -0.468 e. The third-order valence-corrected chi connectivity index (χ3v) is 4.58. The molecule has 1 rings (SSSR count). The highest BCUT2D eigenvalue weighted by Gasteiger charge is 2.36. The molecule has 21 heavy (non-hydrogen) atoms. The van der Waals surface area contributed by atoms with Crippen LogP contribution in [0, 0.1) is 5.92 Å². The zero-order valence-electron chi connectivity index (χ0n) is 14.4. The Kier molecular flexibility index (Phi) is 8.27. The number of carbonyl (C=O) groups excluding carboxylic acids is 1. The average Bonchev–Trinajstić information content (AvgIpc) is 2.70. The van der Waals surface area contributed by atoms with Crippen LogP contribution in [-0.2, 0) is 9.53 Å². The fourth-order valence-corrected chi connectivity index (χ4v) is 3.35. The number of rotatable bonds is 8. The van der Waals surface area contributed by atoms with E-state index in [1.807, 2.05) is 6.92 Å². The Morgan fingerprint density at radius 2 is 2.05 bits per heavy atom. The molecule has 0 aromatic rings. The van der Waals surface area contributed by atoms with Crippen LogP contribution in [0.4, 0.5) is 0 Å². The third-order valence-electron chi connectivity index (χ3n) is 4.58. The topological polar surface area (TPSA) is 41.6 Å². The van der Waals surface area contributed by atoms with E-state index in [0.717, 1.165) is 38.5 Å². The number of nitrogens with one attached hydrogen (secondary N) is 1. The molecule has 0 aromatic carbocycles. The smallest absolute Gasteiger partial charge is 0.327 e. The molecule has 0 amide bonds. The van der Waals surface area contributed by atoms with E-state index in [1.54, 1.807) is 0 Å². The summed E-state index contributed by atoms with van der Waals surface area (Å²) < 4.78 is 5.02. The van der Waals surface area contributed by atoms with Crippen molar-refractivity contribution in [1.29, 1.82) is 0 Å². The molecule has 0 bridgehead atoms. The highest BCUT2D eigenvalue weighted by atomic mass is 16.5. The molecule has 2 atom stereocenters. The predicted octanol–water partition coefficient (Wildman–Crippen LogP) is 2.82. The van der Waals surface area contributed by atoms with E-state index in [1.165, 1.54) is 39.2 Å². The molecule has 0 radical (unpaired) electrons. The summed E-state index contributed by atoms with van der Waals surface area (Å²) in [6.07, 6.45) is 7.49. The number of carbonyl (C=O) groups is 1. The van der Waals surface area contributed by atoms with Gasteiger partial charge in [-0.15, -0.1) is 0 Å². The highest BCUT2D eigenvalue weighted by Crippen LogP contribution is 2.23. The summed E-state index contributed by atoms with van der Waals surface area (Å²) in [5.41, 5.74) is -0.588. The van der Waals surface area contributed by atoms with Crippen molar-refractivity contribution in [2.75, 3.05) is 33.3 Å². The minimum absolute atomic E-state index is 0.148. The van der Waals surface area contributed by atoms with Crippen molar-refractivity contribution in [3.63, 3.8) is 0 Å². The van der Waals surface area contributed by atoms with Gasteiger partial charge in [-0.3, -0.25) is 4.79 Å². The lowest BCUT2D eigenvalue weighted by Crippen LogP contribution is -2.57. The molecule has 0 spiro atoms. The van der Waals surface area contributed by atoms with Crippen LogP contribution in [0.1, 0.15) is 59.3 Å². The van der Waals surface area contributed by atoms with E-state index in [-0.39, 0.29) is 5.97 Å². The van der Waals surface area contributed by atoms with Crippen LogP contribution in [0.5, 0.6) is 0 Å². The van der Waals surface area contributed by atoms with E-state index in [4.69, 9.17) is 4.74 Å². The number of hydrogen-bond donors (Lipinski definition) is 1. The van der Waals surface area contributed by atoms with Gasteiger partial charge in [0.15, 0.2) is 0 Å². The maximum atomic E-state index is 12.2. The summed E-state index contributed by atoms with van der Waals surface area (Å²) in [6, 6.07) is 0. The largest absolute Gasteiger partial charge is 0.468 e. The number of nitrogens with zero attached hydrogens (tertiary/aromatic N) is 1. The van der Waals surface area contributed by atoms with Gasteiger partial charge in [0.05, 0.1) is 7.11 Å². The third kappa shape index (κ3) is 5.95. The van der Waals surface area contributed by atoms with Gasteiger partial charge in [0.25, 0.3) is 0 Å². The zero-order chi connectivity index (χ0) is 15.7. The van der Waals surface area contributed by atoms with Crippen LogP contribution in [0.15, 0.2) is 0 Å². The second-order valence-electron chi connectivity index (χ2n) is 6.61. The molecule has 4 heteroatoms. The van der Waals surface area contributed by atoms with Gasteiger partial charge >= 0.3 is 5.97 Å².